The van der Waals surface area contributed by atoms with Gasteiger partial charge in [-0.25, -0.2) is 15.0 Å². The lowest BCUT2D eigenvalue weighted by atomic mass is 10.2. The molecule has 1 aliphatic rings. The lowest BCUT2D eigenvalue weighted by molar-refractivity contribution is 0.224. The maximum Gasteiger partial charge on any atom is 0.225 e. The number of unbranched alkanes of at least 4 members (excludes halogenated alkanes) is 1. The summed E-state index contributed by atoms with van der Waals surface area (Å²) in [5.74, 6) is 1.72. The summed E-state index contributed by atoms with van der Waals surface area (Å²) in [6, 6.07) is 1.83. The number of rotatable bonds is 6. The second-order valence-electron chi connectivity index (χ2n) is 5.98. The zero-order valence-corrected chi connectivity index (χ0v) is 15.3. The number of nitrogens with zero attached hydrogens (tertiary/aromatic N) is 6. The van der Waals surface area contributed by atoms with Gasteiger partial charge in [0.05, 0.1) is 6.54 Å². The van der Waals surface area contributed by atoms with Gasteiger partial charge in [-0.3, -0.25) is 4.90 Å². The quantitative estimate of drug-likeness (QED) is 0.445. The molecule has 130 valence electrons. The molecule has 8 heteroatoms. The first-order valence-electron chi connectivity index (χ1n) is 8.23. The molecular formula is C16H22Cl2N6. The van der Waals surface area contributed by atoms with Gasteiger partial charge in [0.2, 0.25) is 5.95 Å². The summed E-state index contributed by atoms with van der Waals surface area (Å²) in [6.45, 7) is 6.51. The van der Waals surface area contributed by atoms with Crippen molar-refractivity contribution in [3.8, 4) is 0 Å². The van der Waals surface area contributed by atoms with Crippen molar-refractivity contribution in [2.45, 2.75) is 31.8 Å². The monoisotopic (exact) mass is 368 g/mol. The molecule has 1 aliphatic heterocycles. The highest BCUT2D eigenvalue weighted by Crippen LogP contribution is 2.18. The smallest absolute Gasteiger partial charge is 0.225 e. The van der Waals surface area contributed by atoms with Crippen LogP contribution in [0.2, 0.25) is 5.15 Å². The van der Waals surface area contributed by atoms with Crippen LogP contribution in [0.5, 0.6) is 0 Å². The Morgan fingerprint density at radius 3 is 2.58 bits per heavy atom. The van der Waals surface area contributed by atoms with Crippen LogP contribution in [-0.2, 0) is 6.54 Å². The van der Waals surface area contributed by atoms with E-state index in [0.29, 0.717) is 5.15 Å². The SMILES string of the molecule is Cc1nc(Cl)cn1CCCCN1CCN(c2ncccn2)CC1Cl. The third-order valence-electron chi connectivity index (χ3n) is 4.30. The molecule has 1 fully saturated rings. The third-order valence-corrected chi connectivity index (χ3v) is 4.90. The Morgan fingerprint density at radius 1 is 1.17 bits per heavy atom. The fraction of sp³-hybridized carbons (Fsp3) is 0.562. The summed E-state index contributed by atoms with van der Waals surface area (Å²) < 4.78 is 2.10. The first-order valence-corrected chi connectivity index (χ1v) is 9.04. The largest absolute Gasteiger partial charge is 0.337 e. The second-order valence-corrected chi connectivity index (χ2v) is 6.87. The van der Waals surface area contributed by atoms with Gasteiger partial charge in [-0.1, -0.05) is 11.6 Å². The van der Waals surface area contributed by atoms with E-state index in [-0.39, 0.29) is 5.50 Å². The van der Waals surface area contributed by atoms with Crippen LogP contribution in [0, 0.1) is 6.92 Å². The third kappa shape index (κ3) is 4.37. The summed E-state index contributed by atoms with van der Waals surface area (Å²) >= 11 is 12.5. The highest BCUT2D eigenvalue weighted by atomic mass is 35.5. The van der Waals surface area contributed by atoms with E-state index >= 15 is 0 Å². The lowest BCUT2D eigenvalue weighted by Gasteiger charge is -2.38. The van der Waals surface area contributed by atoms with Gasteiger partial charge in [0.1, 0.15) is 16.5 Å². The number of aryl methyl sites for hydroxylation is 2. The molecule has 0 saturated carbocycles. The molecule has 0 spiro atoms. The van der Waals surface area contributed by atoms with E-state index in [1.54, 1.807) is 12.4 Å². The number of anilines is 1. The Morgan fingerprint density at radius 2 is 1.92 bits per heavy atom. The van der Waals surface area contributed by atoms with Crippen LogP contribution in [0.3, 0.4) is 0 Å². The number of halogens is 2. The van der Waals surface area contributed by atoms with Gasteiger partial charge in [0.25, 0.3) is 0 Å². The van der Waals surface area contributed by atoms with Gasteiger partial charge in [-0.05, 0) is 32.4 Å². The van der Waals surface area contributed by atoms with Gasteiger partial charge in [0.15, 0.2) is 0 Å². The normalized spacial score (nSPS) is 19.0. The average molecular weight is 369 g/mol. The molecule has 0 aromatic carbocycles. The number of imidazole rings is 1. The Labute approximate surface area is 152 Å². The first-order chi connectivity index (χ1) is 11.6. The topological polar surface area (TPSA) is 50.1 Å². The van der Waals surface area contributed by atoms with Gasteiger partial charge in [0, 0.05) is 38.2 Å². The zero-order chi connectivity index (χ0) is 16.9. The van der Waals surface area contributed by atoms with Crippen molar-refractivity contribution in [1.29, 1.82) is 0 Å². The van der Waals surface area contributed by atoms with Gasteiger partial charge < -0.3 is 9.47 Å². The van der Waals surface area contributed by atoms with Crippen molar-refractivity contribution in [2.75, 3.05) is 31.1 Å². The molecule has 6 nitrogen and oxygen atoms in total. The van der Waals surface area contributed by atoms with Crippen LogP contribution in [-0.4, -0.2) is 56.1 Å². The van der Waals surface area contributed by atoms with Crippen LogP contribution in [0.4, 0.5) is 5.95 Å². The number of hydrogen-bond donors (Lipinski definition) is 0. The predicted octanol–water partition coefficient (Wildman–Crippen LogP) is 2.80. The van der Waals surface area contributed by atoms with E-state index in [1.807, 2.05) is 19.2 Å². The molecule has 0 radical (unpaired) electrons. The summed E-state index contributed by atoms with van der Waals surface area (Å²) in [6.07, 6.45) is 7.60. The van der Waals surface area contributed by atoms with Crippen LogP contribution in [0.25, 0.3) is 0 Å². The molecule has 1 atom stereocenters. The van der Waals surface area contributed by atoms with Crippen molar-refractivity contribution in [3.63, 3.8) is 0 Å². The lowest BCUT2D eigenvalue weighted by Crippen LogP contribution is -2.51. The summed E-state index contributed by atoms with van der Waals surface area (Å²) in [4.78, 5) is 17.3. The first kappa shape index (κ1) is 17.5. The van der Waals surface area contributed by atoms with E-state index < -0.39 is 0 Å². The fourth-order valence-electron chi connectivity index (χ4n) is 2.96. The van der Waals surface area contributed by atoms with Crippen molar-refractivity contribution in [3.05, 3.63) is 35.6 Å². The minimum atomic E-state index is -0.00742. The van der Waals surface area contributed by atoms with E-state index in [0.717, 1.165) is 57.3 Å². The van der Waals surface area contributed by atoms with Gasteiger partial charge >= 0.3 is 0 Å². The van der Waals surface area contributed by atoms with E-state index in [4.69, 9.17) is 23.2 Å². The second kappa shape index (κ2) is 8.14. The Hall–Kier alpha value is -1.37. The summed E-state index contributed by atoms with van der Waals surface area (Å²) in [5.41, 5.74) is -0.00742. The molecule has 1 unspecified atom stereocenters. The highest BCUT2D eigenvalue weighted by Gasteiger charge is 2.26. The van der Waals surface area contributed by atoms with Gasteiger partial charge in [-0.15, -0.1) is 11.6 Å². The maximum atomic E-state index is 6.55. The Kier molecular flexibility index (Phi) is 5.92. The predicted molar refractivity (Wildman–Crippen MR) is 96.7 cm³/mol. The van der Waals surface area contributed by atoms with E-state index in [2.05, 4.69) is 29.3 Å². The molecule has 2 aromatic rings. The van der Waals surface area contributed by atoms with E-state index in [9.17, 15) is 0 Å². The van der Waals surface area contributed by atoms with Crippen LogP contribution in [0.15, 0.2) is 24.7 Å². The number of hydrogen-bond acceptors (Lipinski definition) is 5. The molecule has 0 amide bonds. The molecule has 3 heterocycles. The molecule has 2 aromatic heterocycles. The zero-order valence-electron chi connectivity index (χ0n) is 13.8. The van der Waals surface area contributed by atoms with Crippen molar-refractivity contribution in [1.82, 2.24) is 24.4 Å². The molecule has 0 aliphatic carbocycles. The summed E-state index contributed by atoms with van der Waals surface area (Å²) in [7, 11) is 0. The average Bonchev–Trinajstić information content (AvgIpc) is 2.91. The summed E-state index contributed by atoms with van der Waals surface area (Å²) in [5, 5.41) is 0.563. The number of piperazine rings is 1. The van der Waals surface area contributed by atoms with Crippen molar-refractivity contribution in [2.24, 2.45) is 0 Å². The number of aromatic nitrogens is 4. The molecule has 1 saturated heterocycles. The fourth-order valence-corrected chi connectivity index (χ4v) is 3.56. The van der Waals surface area contributed by atoms with Crippen LogP contribution >= 0.6 is 23.2 Å². The highest BCUT2D eigenvalue weighted by molar-refractivity contribution is 6.29. The van der Waals surface area contributed by atoms with Crippen LogP contribution < -0.4 is 4.90 Å². The molecule has 0 N–H and O–H groups in total. The standard InChI is InChI=1S/C16H22Cl2N6/c1-13-21-14(17)11-23(13)8-3-2-7-22-9-10-24(12-15(22)18)16-19-5-4-6-20-16/h4-6,11,15H,2-3,7-10,12H2,1H3. The maximum absolute atomic E-state index is 6.55. The minimum Gasteiger partial charge on any atom is -0.337 e. The van der Waals surface area contributed by atoms with E-state index in [1.165, 1.54) is 0 Å². The molecule has 0 bridgehead atoms. The molecule has 3 rings (SSSR count). The minimum absolute atomic E-state index is 0.00742. The Balaban J connectivity index is 1.42. The number of alkyl halides is 1. The van der Waals surface area contributed by atoms with Crippen molar-refractivity contribution < 1.29 is 0 Å². The molecule has 24 heavy (non-hydrogen) atoms. The van der Waals surface area contributed by atoms with Gasteiger partial charge in [-0.2, -0.15) is 0 Å². The molecular weight excluding hydrogens is 347 g/mol. The Bertz CT molecular complexity index is 647. The van der Waals surface area contributed by atoms with Crippen LogP contribution in [0.1, 0.15) is 18.7 Å². The van der Waals surface area contributed by atoms with Crippen molar-refractivity contribution >= 4 is 29.2 Å².